The first-order valence-corrected chi connectivity index (χ1v) is 10.0. The lowest BCUT2D eigenvalue weighted by Crippen LogP contribution is -2.38. The highest BCUT2D eigenvalue weighted by Gasteiger charge is 2.27. The molecule has 1 saturated heterocycles. The third kappa shape index (κ3) is 3.90. The summed E-state index contributed by atoms with van der Waals surface area (Å²) >= 11 is 0. The lowest BCUT2D eigenvalue weighted by Gasteiger charge is -2.32. The van der Waals surface area contributed by atoms with Gasteiger partial charge in [0.15, 0.2) is 5.65 Å². The molecule has 0 aliphatic carbocycles. The van der Waals surface area contributed by atoms with Crippen LogP contribution in [0.3, 0.4) is 0 Å². The quantitative estimate of drug-likeness (QED) is 0.617. The van der Waals surface area contributed by atoms with Crippen LogP contribution in [-0.4, -0.2) is 47.4 Å². The molecule has 0 atom stereocenters. The third-order valence-corrected chi connectivity index (χ3v) is 5.36. The summed E-state index contributed by atoms with van der Waals surface area (Å²) in [5.41, 5.74) is 3.65. The van der Waals surface area contributed by atoms with Crippen LogP contribution >= 0.6 is 0 Å². The molecule has 1 fully saturated rings. The standard InChI is InChI=1S/C22H26N4O3/c1-4-29-22(27)17-9-11-25(12-10-17)21-13-15(2)23-20-14-19(24-26(20)21)16-5-7-18(28-3)8-6-16/h5-8,13-14,17H,4,9-12H2,1-3H3. The molecule has 2 aromatic heterocycles. The summed E-state index contributed by atoms with van der Waals surface area (Å²) in [7, 11) is 1.66. The second kappa shape index (κ2) is 8.11. The minimum Gasteiger partial charge on any atom is -0.497 e. The van der Waals surface area contributed by atoms with Gasteiger partial charge in [-0.3, -0.25) is 4.79 Å². The van der Waals surface area contributed by atoms with Gasteiger partial charge in [-0.1, -0.05) is 0 Å². The van der Waals surface area contributed by atoms with Gasteiger partial charge in [0.25, 0.3) is 0 Å². The van der Waals surface area contributed by atoms with Crippen LogP contribution < -0.4 is 9.64 Å². The molecule has 3 aromatic rings. The fourth-order valence-corrected chi connectivity index (χ4v) is 3.81. The summed E-state index contributed by atoms with van der Waals surface area (Å²) in [5.74, 6) is 1.73. The first-order chi connectivity index (χ1) is 14.1. The number of hydrogen-bond donors (Lipinski definition) is 0. The second-order valence-electron chi connectivity index (χ2n) is 7.30. The molecule has 4 rings (SSSR count). The summed E-state index contributed by atoms with van der Waals surface area (Å²) in [6.07, 6.45) is 1.57. The number of fused-ring (bicyclic) bond motifs is 1. The third-order valence-electron chi connectivity index (χ3n) is 5.36. The van der Waals surface area contributed by atoms with Gasteiger partial charge in [-0.05, 0) is 51.0 Å². The van der Waals surface area contributed by atoms with E-state index in [2.05, 4.69) is 16.0 Å². The van der Waals surface area contributed by atoms with E-state index in [1.54, 1.807) is 7.11 Å². The summed E-state index contributed by atoms with van der Waals surface area (Å²) in [6, 6.07) is 11.9. The predicted molar refractivity (Wildman–Crippen MR) is 111 cm³/mol. The molecule has 0 amide bonds. The fourth-order valence-electron chi connectivity index (χ4n) is 3.81. The van der Waals surface area contributed by atoms with Gasteiger partial charge in [0, 0.05) is 36.5 Å². The molecule has 7 heteroatoms. The van der Waals surface area contributed by atoms with Gasteiger partial charge in [-0.25, -0.2) is 4.98 Å². The Labute approximate surface area is 170 Å². The average molecular weight is 394 g/mol. The highest BCUT2D eigenvalue weighted by atomic mass is 16.5. The Balaban J connectivity index is 1.61. The smallest absolute Gasteiger partial charge is 0.309 e. The van der Waals surface area contributed by atoms with Gasteiger partial charge in [-0.15, -0.1) is 0 Å². The van der Waals surface area contributed by atoms with E-state index in [0.717, 1.165) is 60.1 Å². The van der Waals surface area contributed by atoms with Crippen LogP contribution in [0.4, 0.5) is 5.82 Å². The van der Waals surface area contributed by atoms with Crippen molar-refractivity contribution in [1.29, 1.82) is 0 Å². The molecule has 1 aliphatic heterocycles. The SMILES string of the molecule is CCOC(=O)C1CCN(c2cc(C)nc3cc(-c4ccc(OC)cc4)nn23)CC1. The molecule has 1 aliphatic rings. The number of hydrogen-bond acceptors (Lipinski definition) is 6. The maximum atomic E-state index is 12.0. The van der Waals surface area contributed by atoms with Crippen LogP contribution in [0.1, 0.15) is 25.5 Å². The monoisotopic (exact) mass is 394 g/mol. The molecule has 0 spiro atoms. The summed E-state index contributed by atoms with van der Waals surface area (Å²) < 4.78 is 12.3. The van der Waals surface area contributed by atoms with E-state index in [1.165, 1.54) is 0 Å². The molecule has 0 bridgehead atoms. The molecule has 1 aromatic carbocycles. The van der Waals surface area contributed by atoms with E-state index in [4.69, 9.17) is 14.6 Å². The zero-order chi connectivity index (χ0) is 20.4. The van der Waals surface area contributed by atoms with E-state index in [1.807, 2.05) is 48.7 Å². The largest absolute Gasteiger partial charge is 0.497 e. The number of methoxy groups -OCH3 is 1. The van der Waals surface area contributed by atoms with E-state index in [9.17, 15) is 4.79 Å². The number of esters is 1. The van der Waals surface area contributed by atoms with Crippen molar-refractivity contribution in [3.8, 4) is 17.0 Å². The average Bonchev–Trinajstić information content (AvgIpc) is 3.17. The molecule has 0 N–H and O–H groups in total. The lowest BCUT2D eigenvalue weighted by atomic mass is 9.97. The number of aromatic nitrogens is 3. The van der Waals surface area contributed by atoms with Crippen molar-refractivity contribution in [3.63, 3.8) is 0 Å². The maximum absolute atomic E-state index is 12.0. The molecule has 0 saturated carbocycles. The number of carbonyl (C=O) groups is 1. The van der Waals surface area contributed by atoms with E-state index < -0.39 is 0 Å². The van der Waals surface area contributed by atoms with Crippen LogP contribution in [-0.2, 0) is 9.53 Å². The van der Waals surface area contributed by atoms with Crippen LogP contribution in [0, 0.1) is 12.8 Å². The molecular weight excluding hydrogens is 368 g/mol. The van der Waals surface area contributed by atoms with E-state index >= 15 is 0 Å². The van der Waals surface area contributed by atoms with Crippen molar-refractivity contribution in [1.82, 2.24) is 14.6 Å². The molecule has 7 nitrogen and oxygen atoms in total. The van der Waals surface area contributed by atoms with Gasteiger partial charge in [0.2, 0.25) is 0 Å². The van der Waals surface area contributed by atoms with E-state index in [-0.39, 0.29) is 11.9 Å². The Morgan fingerprint density at radius 2 is 1.90 bits per heavy atom. The number of carbonyl (C=O) groups excluding carboxylic acids is 1. The predicted octanol–water partition coefficient (Wildman–Crippen LogP) is 3.49. The first kappa shape index (κ1) is 19.2. The Hall–Kier alpha value is -3.09. The van der Waals surface area contributed by atoms with Gasteiger partial charge >= 0.3 is 5.97 Å². The topological polar surface area (TPSA) is 69.0 Å². The zero-order valence-corrected chi connectivity index (χ0v) is 17.1. The lowest BCUT2D eigenvalue weighted by molar-refractivity contribution is -0.148. The number of ether oxygens (including phenoxy) is 2. The molecular formula is C22H26N4O3. The molecule has 152 valence electrons. The summed E-state index contributed by atoms with van der Waals surface area (Å²) in [4.78, 5) is 19.0. The Morgan fingerprint density at radius 1 is 1.17 bits per heavy atom. The number of nitrogens with zero attached hydrogens (tertiary/aromatic N) is 4. The van der Waals surface area contributed by atoms with Gasteiger partial charge < -0.3 is 14.4 Å². The number of piperidine rings is 1. The van der Waals surface area contributed by atoms with Crippen LogP contribution in [0.5, 0.6) is 5.75 Å². The van der Waals surface area contributed by atoms with Crippen molar-refractivity contribution in [2.75, 3.05) is 31.7 Å². The van der Waals surface area contributed by atoms with Crippen LogP contribution in [0.15, 0.2) is 36.4 Å². The van der Waals surface area contributed by atoms with Crippen LogP contribution in [0.25, 0.3) is 16.9 Å². The van der Waals surface area contributed by atoms with Crippen molar-refractivity contribution < 1.29 is 14.3 Å². The van der Waals surface area contributed by atoms with Crippen LogP contribution in [0.2, 0.25) is 0 Å². The van der Waals surface area contributed by atoms with Gasteiger partial charge in [0.1, 0.15) is 11.6 Å². The molecule has 0 radical (unpaired) electrons. The minimum absolute atomic E-state index is 0.0166. The number of anilines is 1. The van der Waals surface area contributed by atoms with Crippen molar-refractivity contribution in [2.24, 2.45) is 5.92 Å². The highest BCUT2D eigenvalue weighted by molar-refractivity contribution is 5.73. The van der Waals surface area contributed by atoms with Crippen molar-refractivity contribution in [3.05, 3.63) is 42.1 Å². The van der Waals surface area contributed by atoms with Gasteiger partial charge in [-0.2, -0.15) is 9.61 Å². The highest BCUT2D eigenvalue weighted by Crippen LogP contribution is 2.28. The van der Waals surface area contributed by atoms with Gasteiger partial charge in [0.05, 0.1) is 25.3 Å². The summed E-state index contributed by atoms with van der Waals surface area (Å²) in [6.45, 7) is 5.86. The maximum Gasteiger partial charge on any atom is 0.309 e. The number of aryl methyl sites for hydroxylation is 1. The van der Waals surface area contributed by atoms with Crippen molar-refractivity contribution in [2.45, 2.75) is 26.7 Å². The zero-order valence-electron chi connectivity index (χ0n) is 17.1. The Morgan fingerprint density at radius 3 is 2.55 bits per heavy atom. The van der Waals surface area contributed by atoms with Crippen molar-refractivity contribution >= 4 is 17.4 Å². The fraction of sp³-hybridized carbons (Fsp3) is 0.409. The molecule has 29 heavy (non-hydrogen) atoms. The Bertz CT molecular complexity index is 1000. The minimum atomic E-state index is -0.0795. The number of rotatable bonds is 5. The molecule has 0 unspecified atom stereocenters. The Kier molecular flexibility index (Phi) is 5.38. The second-order valence-corrected chi connectivity index (χ2v) is 7.30. The normalized spacial score (nSPS) is 14.9. The molecule has 3 heterocycles. The summed E-state index contributed by atoms with van der Waals surface area (Å²) in [5, 5.41) is 4.82. The van der Waals surface area contributed by atoms with E-state index in [0.29, 0.717) is 6.61 Å². The first-order valence-electron chi connectivity index (χ1n) is 10.0. The number of benzene rings is 1.